The average Bonchev–Trinajstić information content (AvgIpc) is 2.86. The number of amides is 2. The second-order valence-electron chi connectivity index (χ2n) is 5.80. The number of carbonyl (C=O) groups excluding carboxylic acids is 2. The molecule has 3 unspecified atom stereocenters. The van der Waals surface area contributed by atoms with Gasteiger partial charge in [0.1, 0.15) is 12.1 Å². The van der Waals surface area contributed by atoms with Crippen LogP contribution in [0.5, 0.6) is 0 Å². The zero-order valence-corrected chi connectivity index (χ0v) is 12.8. The van der Waals surface area contributed by atoms with Crippen molar-refractivity contribution in [3.05, 3.63) is 0 Å². The second-order valence-corrected chi connectivity index (χ2v) is 6.95. The minimum absolute atomic E-state index is 0.0324. The smallest absolute Gasteiger partial charge is 0.246 e. The predicted molar refractivity (Wildman–Crippen MR) is 78.0 cm³/mol. The molecule has 4 nitrogen and oxygen atoms in total. The van der Waals surface area contributed by atoms with E-state index < -0.39 is 0 Å². The van der Waals surface area contributed by atoms with Crippen LogP contribution in [0.4, 0.5) is 0 Å². The summed E-state index contributed by atoms with van der Waals surface area (Å²) in [6, 6.07) is -0.349. The molecule has 0 aliphatic carbocycles. The summed E-state index contributed by atoms with van der Waals surface area (Å²) < 4.78 is 0. The van der Waals surface area contributed by atoms with Gasteiger partial charge in [-0.1, -0.05) is 27.2 Å². The number of nitrogens with zero attached hydrogens (tertiary/aromatic N) is 1. The normalized spacial score (nSPS) is 32.0. The van der Waals surface area contributed by atoms with Crippen LogP contribution < -0.4 is 5.32 Å². The first kappa shape index (κ1) is 14.7. The predicted octanol–water partition coefficient (Wildman–Crippen LogP) is 1.64. The van der Waals surface area contributed by atoms with Crippen LogP contribution in [0, 0.1) is 5.92 Å². The quantitative estimate of drug-likeness (QED) is 0.854. The van der Waals surface area contributed by atoms with Gasteiger partial charge in [0, 0.05) is 11.8 Å². The Kier molecular flexibility index (Phi) is 4.76. The van der Waals surface area contributed by atoms with Crippen LogP contribution in [-0.2, 0) is 9.59 Å². The number of rotatable bonds is 4. The van der Waals surface area contributed by atoms with E-state index in [0.29, 0.717) is 0 Å². The molecule has 2 rings (SSSR count). The maximum atomic E-state index is 12.7. The highest BCUT2D eigenvalue weighted by Gasteiger charge is 2.45. The standard InChI is InChI=1S/C14H24N2O2S/c1-4-5-11-14(18)16(10-6-7-19-8-10)12(9(2)3)13(17)15-11/h9-12H,4-8H2,1-3H3,(H,15,17). The fourth-order valence-corrected chi connectivity index (χ4v) is 4.22. The van der Waals surface area contributed by atoms with Crippen molar-refractivity contribution < 1.29 is 9.59 Å². The largest absolute Gasteiger partial charge is 0.342 e. The van der Waals surface area contributed by atoms with Crippen molar-refractivity contribution in [1.82, 2.24) is 10.2 Å². The number of thioether (sulfide) groups is 1. The molecule has 2 aliphatic heterocycles. The van der Waals surface area contributed by atoms with Crippen molar-refractivity contribution in [1.29, 1.82) is 0 Å². The highest BCUT2D eigenvalue weighted by Crippen LogP contribution is 2.29. The Morgan fingerprint density at radius 1 is 1.42 bits per heavy atom. The molecule has 2 aliphatic rings. The fourth-order valence-electron chi connectivity index (χ4n) is 3.02. The van der Waals surface area contributed by atoms with Crippen LogP contribution in [0.2, 0.25) is 0 Å². The van der Waals surface area contributed by atoms with Crippen LogP contribution in [-0.4, -0.2) is 46.3 Å². The number of carbonyl (C=O) groups is 2. The molecule has 19 heavy (non-hydrogen) atoms. The number of hydrogen-bond donors (Lipinski definition) is 1. The lowest BCUT2D eigenvalue weighted by Crippen LogP contribution is -2.67. The van der Waals surface area contributed by atoms with E-state index in [-0.39, 0.29) is 35.9 Å². The van der Waals surface area contributed by atoms with Gasteiger partial charge in [0.05, 0.1) is 0 Å². The highest BCUT2D eigenvalue weighted by atomic mass is 32.2. The third-order valence-electron chi connectivity index (χ3n) is 3.95. The Hall–Kier alpha value is -0.710. The number of nitrogens with one attached hydrogen (secondary N) is 1. The van der Waals surface area contributed by atoms with Crippen LogP contribution in [0.1, 0.15) is 40.0 Å². The third-order valence-corrected chi connectivity index (χ3v) is 5.09. The van der Waals surface area contributed by atoms with Crippen LogP contribution in [0.25, 0.3) is 0 Å². The monoisotopic (exact) mass is 284 g/mol. The van der Waals surface area contributed by atoms with E-state index in [1.165, 1.54) is 0 Å². The zero-order chi connectivity index (χ0) is 14.0. The Bertz CT molecular complexity index is 353. The van der Waals surface area contributed by atoms with E-state index in [1.807, 2.05) is 37.4 Å². The Balaban J connectivity index is 2.23. The lowest BCUT2D eigenvalue weighted by molar-refractivity contribution is -0.153. The van der Waals surface area contributed by atoms with Gasteiger partial charge in [0.2, 0.25) is 11.8 Å². The first-order chi connectivity index (χ1) is 9.06. The Morgan fingerprint density at radius 2 is 2.16 bits per heavy atom. The molecule has 2 amide bonds. The molecular weight excluding hydrogens is 260 g/mol. The fraction of sp³-hybridized carbons (Fsp3) is 0.857. The van der Waals surface area contributed by atoms with Crippen molar-refractivity contribution >= 4 is 23.6 Å². The van der Waals surface area contributed by atoms with E-state index >= 15 is 0 Å². The molecule has 0 spiro atoms. The van der Waals surface area contributed by atoms with Crippen molar-refractivity contribution in [3.63, 3.8) is 0 Å². The molecule has 0 saturated carbocycles. The van der Waals surface area contributed by atoms with Gasteiger partial charge in [-0.05, 0) is 24.5 Å². The summed E-state index contributed by atoms with van der Waals surface area (Å²) in [5.74, 6) is 2.40. The summed E-state index contributed by atoms with van der Waals surface area (Å²) in [5.41, 5.74) is 0. The highest BCUT2D eigenvalue weighted by molar-refractivity contribution is 7.99. The van der Waals surface area contributed by atoms with Crippen LogP contribution in [0.15, 0.2) is 0 Å². The molecule has 0 radical (unpaired) electrons. The van der Waals surface area contributed by atoms with Gasteiger partial charge in [-0.3, -0.25) is 9.59 Å². The molecule has 0 aromatic heterocycles. The minimum Gasteiger partial charge on any atom is -0.342 e. The van der Waals surface area contributed by atoms with Gasteiger partial charge in [-0.2, -0.15) is 11.8 Å². The number of hydrogen-bond acceptors (Lipinski definition) is 3. The summed E-state index contributed by atoms with van der Waals surface area (Å²) in [4.78, 5) is 26.9. The minimum atomic E-state index is -0.307. The van der Waals surface area contributed by atoms with E-state index in [9.17, 15) is 9.59 Å². The average molecular weight is 284 g/mol. The topological polar surface area (TPSA) is 49.4 Å². The van der Waals surface area contributed by atoms with Gasteiger partial charge < -0.3 is 10.2 Å². The molecule has 108 valence electrons. The van der Waals surface area contributed by atoms with E-state index in [1.54, 1.807) is 0 Å². The Morgan fingerprint density at radius 3 is 2.68 bits per heavy atom. The molecule has 5 heteroatoms. The maximum absolute atomic E-state index is 12.7. The molecule has 1 N–H and O–H groups in total. The first-order valence-electron chi connectivity index (χ1n) is 7.26. The summed E-state index contributed by atoms with van der Waals surface area (Å²) in [5, 5.41) is 2.91. The molecule has 3 atom stereocenters. The van der Waals surface area contributed by atoms with E-state index in [0.717, 1.165) is 30.8 Å². The van der Waals surface area contributed by atoms with E-state index in [4.69, 9.17) is 0 Å². The first-order valence-corrected chi connectivity index (χ1v) is 8.42. The molecule has 2 heterocycles. The van der Waals surface area contributed by atoms with Crippen LogP contribution in [0.3, 0.4) is 0 Å². The molecule has 2 saturated heterocycles. The van der Waals surface area contributed by atoms with Gasteiger partial charge in [0.25, 0.3) is 0 Å². The summed E-state index contributed by atoms with van der Waals surface area (Å²) in [6.45, 7) is 6.09. The summed E-state index contributed by atoms with van der Waals surface area (Å²) in [7, 11) is 0. The zero-order valence-electron chi connectivity index (χ0n) is 12.0. The SMILES string of the molecule is CCCC1NC(=O)C(C(C)C)N(C2CCSC2)C1=O. The third kappa shape index (κ3) is 2.91. The van der Waals surface area contributed by atoms with E-state index in [2.05, 4.69) is 5.32 Å². The van der Waals surface area contributed by atoms with Gasteiger partial charge in [-0.25, -0.2) is 0 Å². The van der Waals surface area contributed by atoms with Gasteiger partial charge >= 0.3 is 0 Å². The molecule has 0 aromatic carbocycles. The molecule has 2 fully saturated rings. The molecule has 0 bridgehead atoms. The lowest BCUT2D eigenvalue weighted by atomic mass is 9.93. The van der Waals surface area contributed by atoms with Gasteiger partial charge in [0.15, 0.2) is 0 Å². The lowest BCUT2D eigenvalue weighted by Gasteiger charge is -2.43. The van der Waals surface area contributed by atoms with Crippen molar-refractivity contribution in [2.24, 2.45) is 5.92 Å². The Labute approximate surface area is 119 Å². The summed E-state index contributed by atoms with van der Waals surface area (Å²) >= 11 is 1.88. The molecular formula is C14H24N2O2S. The van der Waals surface area contributed by atoms with Gasteiger partial charge in [-0.15, -0.1) is 0 Å². The van der Waals surface area contributed by atoms with Crippen molar-refractivity contribution in [2.75, 3.05) is 11.5 Å². The van der Waals surface area contributed by atoms with Crippen molar-refractivity contribution in [2.45, 2.75) is 58.2 Å². The second kappa shape index (κ2) is 6.16. The number of piperazine rings is 1. The van der Waals surface area contributed by atoms with Crippen LogP contribution >= 0.6 is 11.8 Å². The summed E-state index contributed by atoms with van der Waals surface area (Å²) in [6.07, 6.45) is 2.67. The van der Waals surface area contributed by atoms with Crippen molar-refractivity contribution in [3.8, 4) is 0 Å². The maximum Gasteiger partial charge on any atom is 0.246 e. The molecule has 0 aromatic rings.